The third-order valence-corrected chi connectivity index (χ3v) is 14.1. The molecule has 0 saturated heterocycles. The number of rotatable bonds is 4. The van der Waals surface area contributed by atoms with E-state index >= 15 is 0 Å². The molecule has 0 fully saturated rings. The highest BCUT2D eigenvalue weighted by Gasteiger charge is 2.27. The van der Waals surface area contributed by atoms with E-state index in [1.807, 2.05) is 6.07 Å². The normalized spacial score (nSPS) is 12.6. The van der Waals surface area contributed by atoms with E-state index < -0.39 is 0 Å². The maximum absolute atomic E-state index is 6.75. The molecule has 0 amide bonds. The van der Waals surface area contributed by atoms with Gasteiger partial charge < -0.3 is 18.6 Å². The summed E-state index contributed by atoms with van der Waals surface area (Å²) in [6.45, 7) is 0. The van der Waals surface area contributed by atoms with Gasteiger partial charge >= 0.3 is 0 Å². The van der Waals surface area contributed by atoms with Crippen molar-refractivity contribution in [3.63, 3.8) is 0 Å². The van der Waals surface area contributed by atoms with E-state index in [-0.39, 0.29) is 0 Å². The van der Waals surface area contributed by atoms with Crippen LogP contribution in [0.25, 0.3) is 115 Å². The lowest BCUT2D eigenvalue weighted by molar-refractivity contribution is 0.477. The number of hydrogen-bond donors (Lipinski definition) is 0. The summed E-state index contributed by atoms with van der Waals surface area (Å²) in [6.07, 6.45) is 0. The minimum atomic E-state index is 0.818. The third kappa shape index (κ3) is 4.98. The molecular weight excluding hydrogens is 805 g/mol. The van der Waals surface area contributed by atoms with Gasteiger partial charge in [-0.05, 0) is 133 Å². The van der Waals surface area contributed by atoms with E-state index in [1.54, 1.807) is 0 Å². The van der Waals surface area contributed by atoms with Crippen LogP contribution in [0.1, 0.15) is 0 Å². The highest BCUT2D eigenvalue weighted by atomic mass is 16.5. The molecule has 306 valence electrons. The fraction of sp³-hybridized carbons (Fsp3) is 0. The second-order valence-electron chi connectivity index (χ2n) is 17.6. The van der Waals surface area contributed by atoms with Gasteiger partial charge in [0.2, 0.25) is 0 Å². The average molecular weight is 841 g/mol. The van der Waals surface area contributed by atoms with E-state index in [0.29, 0.717) is 0 Å². The second kappa shape index (κ2) is 13.3. The first-order chi connectivity index (χ1) is 32.7. The fourth-order valence-electron chi connectivity index (χ4n) is 11.2. The molecule has 3 heterocycles. The molecule has 0 N–H and O–H groups in total. The highest BCUT2D eigenvalue weighted by Crippen LogP contribution is 2.52. The molecule has 0 saturated carbocycles. The van der Waals surface area contributed by atoms with Gasteiger partial charge in [-0.1, -0.05) is 146 Å². The van der Waals surface area contributed by atoms with Crippen molar-refractivity contribution >= 4 is 104 Å². The Balaban J connectivity index is 0.883. The van der Waals surface area contributed by atoms with Gasteiger partial charge in [-0.2, -0.15) is 0 Å². The molecule has 0 unspecified atom stereocenters. The summed E-state index contributed by atoms with van der Waals surface area (Å²) in [5, 5.41) is 14.6. The Bertz CT molecular complexity index is 4320. The second-order valence-corrected chi connectivity index (χ2v) is 17.6. The molecule has 0 spiro atoms. The third-order valence-electron chi connectivity index (χ3n) is 14.1. The zero-order valence-electron chi connectivity index (χ0n) is 35.5. The van der Waals surface area contributed by atoms with Crippen molar-refractivity contribution < 1.29 is 9.15 Å². The Labute approximate surface area is 378 Å². The SMILES string of the molecule is c1ccc2c(c1)Oc1cc(-c3ccc4c(c3)c3ccccc3n4-c3cc4c5c(cc6ccc7cccc3c7c64)oc3ccccc35)ccc1N2c1ccc(-c2cccc3ccccc23)cc1. The standard InChI is InChI=1S/C62H36N2O2/c1-2-14-44-37(11-1)12-9-17-45(44)38-25-29-43(30-26-38)63-53-20-6-8-22-57(53)66-58-34-41(28-32-54(58)63)40-27-31-52-49(33-40)46-15-3-5-19-51(46)64(52)55-36-50-61-42(24-23-39-13-10-18-47(55)60(39)61)35-59-62(50)48-16-4-7-21-56(48)65-59/h1-36H. The lowest BCUT2D eigenvalue weighted by atomic mass is 9.91. The summed E-state index contributed by atoms with van der Waals surface area (Å²) in [5.41, 5.74) is 13.0. The summed E-state index contributed by atoms with van der Waals surface area (Å²) < 4.78 is 15.7. The molecule has 0 atom stereocenters. The smallest absolute Gasteiger partial charge is 0.152 e. The van der Waals surface area contributed by atoms with E-state index in [1.165, 1.54) is 70.5 Å². The van der Waals surface area contributed by atoms with E-state index in [9.17, 15) is 0 Å². The number of anilines is 3. The number of para-hydroxylation sites is 4. The molecule has 4 heteroatoms. The molecular formula is C62H36N2O2. The monoisotopic (exact) mass is 840 g/mol. The molecule has 66 heavy (non-hydrogen) atoms. The lowest BCUT2D eigenvalue weighted by Gasteiger charge is -2.33. The summed E-state index contributed by atoms with van der Waals surface area (Å²) in [7, 11) is 0. The summed E-state index contributed by atoms with van der Waals surface area (Å²) in [4.78, 5) is 2.32. The molecule has 0 bridgehead atoms. The first-order valence-electron chi connectivity index (χ1n) is 22.6. The first kappa shape index (κ1) is 35.6. The van der Waals surface area contributed by atoms with Gasteiger partial charge in [0.05, 0.1) is 28.1 Å². The minimum Gasteiger partial charge on any atom is -0.456 e. The Morgan fingerprint density at radius 2 is 0.985 bits per heavy atom. The topological polar surface area (TPSA) is 30.5 Å². The van der Waals surface area contributed by atoms with Gasteiger partial charge in [-0.15, -0.1) is 0 Å². The van der Waals surface area contributed by atoms with Gasteiger partial charge in [-0.25, -0.2) is 0 Å². The number of furan rings is 1. The van der Waals surface area contributed by atoms with E-state index in [0.717, 1.165) is 72.8 Å². The van der Waals surface area contributed by atoms with E-state index in [4.69, 9.17) is 9.15 Å². The zero-order valence-corrected chi connectivity index (χ0v) is 35.5. The van der Waals surface area contributed by atoms with Crippen molar-refractivity contribution in [2.24, 2.45) is 0 Å². The molecule has 12 aromatic carbocycles. The molecule has 1 aliphatic rings. The number of hydrogen-bond acceptors (Lipinski definition) is 3. The Morgan fingerprint density at radius 3 is 1.92 bits per heavy atom. The van der Waals surface area contributed by atoms with Crippen molar-refractivity contribution in [1.29, 1.82) is 0 Å². The van der Waals surface area contributed by atoms with Crippen molar-refractivity contribution in [3.8, 4) is 39.4 Å². The molecule has 0 aliphatic carbocycles. The van der Waals surface area contributed by atoms with Crippen LogP contribution in [0.15, 0.2) is 223 Å². The van der Waals surface area contributed by atoms with Gasteiger partial charge in [0.15, 0.2) is 11.5 Å². The van der Waals surface area contributed by atoms with Gasteiger partial charge in [-0.3, -0.25) is 0 Å². The van der Waals surface area contributed by atoms with Crippen molar-refractivity contribution in [1.82, 2.24) is 4.57 Å². The van der Waals surface area contributed by atoms with Crippen molar-refractivity contribution in [2.45, 2.75) is 0 Å². The Kier molecular flexibility index (Phi) is 7.19. The predicted octanol–water partition coefficient (Wildman–Crippen LogP) is 17.6. The van der Waals surface area contributed by atoms with Gasteiger partial charge in [0.25, 0.3) is 0 Å². The average Bonchev–Trinajstić information content (AvgIpc) is 3.92. The maximum atomic E-state index is 6.75. The van der Waals surface area contributed by atoms with Crippen LogP contribution in [-0.4, -0.2) is 4.57 Å². The lowest BCUT2D eigenvalue weighted by Crippen LogP contribution is -2.15. The van der Waals surface area contributed by atoms with Gasteiger partial charge in [0.1, 0.15) is 11.2 Å². The molecule has 14 aromatic rings. The number of fused-ring (bicyclic) bond motifs is 10. The minimum absolute atomic E-state index is 0.818. The van der Waals surface area contributed by atoms with Crippen LogP contribution in [0.5, 0.6) is 11.5 Å². The molecule has 1 aliphatic heterocycles. The Hall–Kier alpha value is -8.86. The van der Waals surface area contributed by atoms with Crippen LogP contribution in [0.3, 0.4) is 0 Å². The number of ether oxygens (including phenoxy) is 1. The summed E-state index contributed by atoms with van der Waals surface area (Å²) >= 11 is 0. The molecule has 15 rings (SSSR count). The predicted molar refractivity (Wildman–Crippen MR) is 275 cm³/mol. The maximum Gasteiger partial charge on any atom is 0.152 e. The quantitative estimate of drug-likeness (QED) is 0.165. The number of benzene rings is 12. The van der Waals surface area contributed by atoms with Crippen LogP contribution in [0.2, 0.25) is 0 Å². The number of nitrogens with zero attached hydrogens (tertiary/aromatic N) is 2. The zero-order chi connectivity index (χ0) is 43.0. The van der Waals surface area contributed by atoms with Crippen LogP contribution < -0.4 is 9.64 Å². The number of aromatic nitrogens is 1. The van der Waals surface area contributed by atoms with Crippen molar-refractivity contribution in [3.05, 3.63) is 218 Å². The fourth-order valence-corrected chi connectivity index (χ4v) is 11.2. The van der Waals surface area contributed by atoms with Crippen LogP contribution in [-0.2, 0) is 0 Å². The first-order valence-corrected chi connectivity index (χ1v) is 22.6. The van der Waals surface area contributed by atoms with Crippen LogP contribution in [0, 0.1) is 0 Å². The Morgan fingerprint density at radius 1 is 0.318 bits per heavy atom. The highest BCUT2D eigenvalue weighted by molar-refractivity contribution is 6.33. The van der Waals surface area contributed by atoms with E-state index in [2.05, 4.69) is 222 Å². The molecule has 0 radical (unpaired) electrons. The molecule has 4 nitrogen and oxygen atoms in total. The summed E-state index contributed by atoms with van der Waals surface area (Å²) in [5.74, 6) is 1.64. The van der Waals surface area contributed by atoms with Crippen LogP contribution in [0.4, 0.5) is 17.1 Å². The van der Waals surface area contributed by atoms with Crippen molar-refractivity contribution in [2.75, 3.05) is 4.90 Å². The summed E-state index contributed by atoms with van der Waals surface area (Å²) in [6, 6.07) is 79.0. The largest absolute Gasteiger partial charge is 0.456 e. The molecule has 2 aromatic heterocycles. The van der Waals surface area contributed by atoms with Gasteiger partial charge in [0, 0.05) is 32.6 Å². The van der Waals surface area contributed by atoms with Crippen LogP contribution >= 0.6 is 0 Å².